The number of nitrogens with one attached hydrogen (secondary N) is 2. The number of hydrogen-bond acceptors (Lipinski definition) is 7. The van der Waals surface area contributed by atoms with Crippen LogP contribution in [-0.2, 0) is 22.4 Å². The average molecular weight is 478 g/mol. The van der Waals surface area contributed by atoms with E-state index < -0.39 is 18.5 Å². The highest BCUT2D eigenvalue weighted by molar-refractivity contribution is 7.17. The molecule has 3 aromatic rings. The van der Waals surface area contributed by atoms with Crippen LogP contribution < -0.4 is 10.6 Å². The molecule has 0 unspecified atom stereocenters. The third-order valence-corrected chi connectivity index (χ3v) is 6.65. The molecule has 0 radical (unpaired) electrons. The van der Waals surface area contributed by atoms with Gasteiger partial charge in [0.2, 0.25) is 0 Å². The Kier molecular flexibility index (Phi) is 7.12. The predicted molar refractivity (Wildman–Crippen MR) is 129 cm³/mol. The summed E-state index contributed by atoms with van der Waals surface area (Å²) in [5.74, 6) is -1.80. The zero-order valence-corrected chi connectivity index (χ0v) is 19.4. The van der Waals surface area contributed by atoms with Crippen molar-refractivity contribution in [2.75, 3.05) is 17.2 Å². The summed E-state index contributed by atoms with van der Waals surface area (Å²) in [5.41, 5.74) is 2.26. The highest BCUT2D eigenvalue weighted by Gasteiger charge is 2.28. The number of carbonyl (C=O) groups is 4. The number of fused-ring (bicyclic) bond motifs is 1. The lowest BCUT2D eigenvalue weighted by Crippen LogP contribution is -2.23. The van der Waals surface area contributed by atoms with Gasteiger partial charge in [-0.3, -0.25) is 19.4 Å². The Hall–Kier alpha value is -3.85. The molecule has 0 bridgehead atoms. The molecule has 34 heavy (non-hydrogen) atoms. The quantitative estimate of drug-likeness (QED) is 0.388. The largest absolute Gasteiger partial charge is 0.452 e. The number of benzene rings is 1. The van der Waals surface area contributed by atoms with Crippen LogP contribution >= 0.6 is 11.3 Å². The Balaban J connectivity index is 1.49. The molecule has 2 N–H and O–H groups in total. The summed E-state index contributed by atoms with van der Waals surface area (Å²) >= 11 is 1.36. The molecule has 9 heteroatoms. The number of amides is 2. The van der Waals surface area contributed by atoms with E-state index in [2.05, 4.69) is 15.6 Å². The van der Waals surface area contributed by atoms with Crippen molar-refractivity contribution in [1.82, 2.24) is 4.98 Å². The zero-order chi connectivity index (χ0) is 24.1. The Morgan fingerprint density at radius 1 is 1.03 bits per heavy atom. The molecule has 2 amide bonds. The van der Waals surface area contributed by atoms with Crippen LogP contribution in [0, 0.1) is 0 Å². The first kappa shape index (κ1) is 23.3. The van der Waals surface area contributed by atoms with Gasteiger partial charge in [-0.25, -0.2) is 4.79 Å². The second kappa shape index (κ2) is 10.4. The third kappa shape index (κ3) is 5.20. The van der Waals surface area contributed by atoms with Crippen molar-refractivity contribution >= 4 is 45.6 Å². The van der Waals surface area contributed by atoms with E-state index >= 15 is 0 Å². The SMILES string of the molecule is CC(=O)c1ccccc1NC(=O)COC(=O)c1c(NC(=O)c2cccnc2)sc2c1CCCC2. The lowest BCUT2D eigenvalue weighted by atomic mass is 9.95. The number of pyridine rings is 1. The molecule has 1 aliphatic carbocycles. The number of ketones is 1. The third-order valence-electron chi connectivity index (χ3n) is 5.44. The minimum Gasteiger partial charge on any atom is -0.452 e. The van der Waals surface area contributed by atoms with Crippen molar-refractivity contribution in [3.05, 3.63) is 75.9 Å². The number of anilines is 2. The Morgan fingerprint density at radius 3 is 2.59 bits per heavy atom. The van der Waals surface area contributed by atoms with E-state index in [-0.39, 0.29) is 11.7 Å². The van der Waals surface area contributed by atoms with E-state index in [4.69, 9.17) is 4.74 Å². The lowest BCUT2D eigenvalue weighted by Gasteiger charge is -2.13. The fourth-order valence-corrected chi connectivity index (χ4v) is 5.10. The molecule has 1 aromatic carbocycles. The highest BCUT2D eigenvalue weighted by atomic mass is 32.1. The summed E-state index contributed by atoms with van der Waals surface area (Å²) in [7, 11) is 0. The highest BCUT2D eigenvalue weighted by Crippen LogP contribution is 2.38. The Labute approximate surface area is 200 Å². The second-order valence-electron chi connectivity index (χ2n) is 7.84. The summed E-state index contributed by atoms with van der Waals surface area (Å²) in [6.07, 6.45) is 6.49. The van der Waals surface area contributed by atoms with Gasteiger partial charge in [-0.1, -0.05) is 12.1 Å². The number of aromatic nitrogens is 1. The van der Waals surface area contributed by atoms with Crippen LogP contribution in [0.15, 0.2) is 48.8 Å². The second-order valence-corrected chi connectivity index (χ2v) is 8.94. The van der Waals surface area contributed by atoms with Gasteiger partial charge in [0.05, 0.1) is 16.8 Å². The van der Waals surface area contributed by atoms with Crippen LogP contribution in [0.3, 0.4) is 0 Å². The van der Waals surface area contributed by atoms with Gasteiger partial charge < -0.3 is 15.4 Å². The standard InChI is InChI=1S/C25H23N3O5S/c1-15(29)17-8-2-4-10-19(17)27-21(30)14-33-25(32)22-18-9-3-5-11-20(18)34-24(22)28-23(31)16-7-6-12-26-13-16/h2,4,6-8,10,12-13H,3,5,9,11,14H2,1H3,(H,27,30)(H,28,31). The number of esters is 1. The maximum absolute atomic E-state index is 13.0. The van der Waals surface area contributed by atoms with Crippen LogP contribution in [0.1, 0.15) is 61.3 Å². The van der Waals surface area contributed by atoms with Crippen LogP contribution in [0.4, 0.5) is 10.7 Å². The van der Waals surface area contributed by atoms with Crippen LogP contribution in [0.25, 0.3) is 0 Å². The molecule has 8 nitrogen and oxygen atoms in total. The van der Waals surface area contributed by atoms with Gasteiger partial charge in [0.15, 0.2) is 12.4 Å². The minimum atomic E-state index is -0.670. The summed E-state index contributed by atoms with van der Waals surface area (Å²) in [6.45, 7) is 0.887. The normalized spacial score (nSPS) is 12.4. The van der Waals surface area contributed by atoms with Crippen molar-refractivity contribution in [3.63, 3.8) is 0 Å². The van der Waals surface area contributed by atoms with Gasteiger partial charge in [-0.2, -0.15) is 0 Å². The monoisotopic (exact) mass is 477 g/mol. The first-order valence-electron chi connectivity index (χ1n) is 10.9. The topological polar surface area (TPSA) is 114 Å². The number of carbonyl (C=O) groups excluding carboxylic acids is 4. The van der Waals surface area contributed by atoms with Gasteiger partial charge in [-0.15, -0.1) is 11.3 Å². The van der Waals surface area contributed by atoms with Gasteiger partial charge in [0.1, 0.15) is 5.00 Å². The molecule has 1 aliphatic rings. The van der Waals surface area contributed by atoms with Gasteiger partial charge in [-0.05, 0) is 62.4 Å². The smallest absolute Gasteiger partial charge is 0.341 e. The maximum atomic E-state index is 13.0. The molecule has 174 valence electrons. The first-order valence-corrected chi connectivity index (χ1v) is 11.7. The van der Waals surface area contributed by atoms with E-state index in [9.17, 15) is 19.2 Å². The number of hydrogen-bond donors (Lipinski definition) is 2. The summed E-state index contributed by atoms with van der Waals surface area (Å²) in [6, 6.07) is 9.91. The molecular formula is C25H23N3O5S. The van der Waals surface area contributed by atoms with Crippen molar-refractivity contribution in [1.29, 1.82) is 0 Å². The maximum Gasteiger partial charge on any atom is 0.341 e. The number of Topliss-reactive ketones (excluding diaryl/α,β-unsaturated/α-hetero) is 1. The molecule has 0 atom stereocenters. The van der Waals surface area contributed by atoms with E-state index in [1.807, 2.05) is 0 Å². The van der Waals surface area contributed by atoms with Crippen molar-refractivity contribution in [3.8, 4) is 0 Å². The number of thiophene rings is 1. The fraction of sp³-hybridized carbons (Fsp3) is 0.240. The molecule has 0 aliphatic heterocycles. The first-order chi connectivity index (χ1) is 16.4. The van der Waals surface area contributed by atoms with Crippen LogP contribution in [0.5, 0.6) is 0 Å². The minimum absolute atomic E-state index is 0.188. The van der Waals surface area contributed by atoms with Gasteiger partial charge >= 0.3 is 5.97 Å². The van der Waals surface area contributed by atoms with E-state index in [0.717, 1.165) is 29.7 Å². The number of nitrogens with zero attached hydrogens (tertiary/aromatic N) is 1. The Morgan fingerprint density at radius 2 is 1.82 bits per heavy atom. The molecule has 0 saturated heterocycles. The molecule has 0 saturated carbocycles. The summed E-state index contributed by atoms with van der Waals surface area (Å²) in [4.78, 5) is 54.9. The lowest BCUT2D eigenvalue weighted by molar-refractivity contribution is -0.119. The number of ether oxygens (including phenoxy) is 1. The predicted octanol–water partition coefficient (Wildman–Crippen LogP) is 4.27. The number of rotatable bonds is 7. The fourth-order valence-electron chi connectivity index (χ4n) is 3.83. The van der Waals surface area contributed by atoms with Gasteiger partial charge in [0.25, 0.3) is 11.8 Å². The van der Waals surface area contributed by atoms with Crippen molar-refractivity contribution in [2.24, 2.45) is 0 Å². The summed E-state index contributed by atoms with van der Waals surface area (Å²) in [5, 5.41) is 5.84. The van der Waals surface area contributed by atoms with E-state index in [0.29, 0.717) is 33.8 Å². The molecular weight excluding hydrogens is 454 g/mol. The summed E-state index contributed by atoms with van der Waals surface area (Å²) < 4.78 is 5.32. The number of aryl methyl sites for hydroxylation is 1. The zero-order valence-electron chi connectivity index (χ0n) is 18.6. The molecule has 0 spiro atoms. The number of para-hydroxylation sites is 1. The molecule has 4 rings (SSSR count). The van der Waals surface area contributed by atoms with Gasteiger partial charge in [0, 0.05) is 22.8 Å². The molecule has 0 fully saturated rings. The Bertz CT molecular complexity index is 1250. The molecule has 2 heterocycles. The average Bonchev–Trinajstić information content (AvgIpc) is 3.21. The van der Waals surface area contributed by atoms with E-state index in [1.165, 1.54) is 24.5 Å². The van der Waals surface area contributed by atoms with Crippen LogP contribution in [0.2, 0.25) is 0 Å². The van der Waals surface area contributed by atoms with Crippen molar-refractivity contribution < 1.29 is 23.9 Å². The van der Waals surface area contributed by atoms with Crippen LogP contribution in [-0.4, -0.2) is 35.2 Å². The van der Waals surface area contributed by atoms with E-state index in [1.54, 1.807) is 42.6 Å². The van der Waals surface area contributed by atoms with Crippen molar-refractivity contribution in [2.45, 2.75) is 32.6 Å². The molecule has 2 aromatic heterocycles.